The van der Waals surface area contributed by atoms with Crippen LogP contribution in [0.5, 0.6) is 0 Å². The lowest BCUT2D eigenvalue weighted by molar-refractivity contribution is 0.0755. The van der Waals surface area contributed by atoms with E-state index in [0.717, 1.165) is 0 Å². The van der Waals surface area contributed by atoms with Crippen molar-refractivity contribution in [2.45, 2.75) is 19.9 Å². The minimum absolute atomic E-state index is 0.109. The van der Waals surface area contributed by atoms with Crippen LogP contribution in [0.25, 0.3) is 0 Å². The minimum Gasteiger partial charge on any atom is -0.398 e. The van der Waals surface area contributed by atoms with Gasteiger partial charge in [0.05, 0.1) is 16.3 Å². The molecule has 2 N–H and O–H groups in total. The van der Waals surface area contributed by atoms with Crippen molar-refractivity contribution in [1.29, 1.82) is 0 Å². The molecule has 15 heavy (non-hydrogen) atoms. The van der Waals surface area contributed by atoms with Gasteiger partial charge in [-0.15, -0.1) is 0 Å². The Morgan fingerprint density at radius 2 is 2.07 bits per heavy atom. The summed E-state index contributed by atoms with van der Waals surface area (Å²) in [5, 5.41) is 0.329. The SMILES string of the molecule is CC(C)N(C)C(=O)c1cccc(N)c1Cl. The van der Waals surface area contributed by atoms with Crippen molar-refractivity contribution in [3.63, 3.8) is 0 Å². The van der Waals surface area contributed by atoms with E-state index in [1.807, 2.05) is 13.8 Å². The molecule has 0 aromatic heterocycles. The second-order valence-electron chi connectivity index (χ2n) is 3.72. The number of nitrogens with zero attached hydrogens (tertiary/aromatic N) is 1. The second kappa shape index (κ2) is 4.53. The number of rotatable bonds is 2. The Morgan fingerprint density at radius 1 is 1.47 bits per heavy atom. The van der Waals surface area contributed by atoms with E-state index in [2.05, 4.69) is 0 Å². The van der Waals surface area contributed by atoms with Gasteiger partial charge >= 0.3 is 0 Å². The Hall–Kier alpha value is -1.22. The molecule has 0 unspecified atom stereocenters. The average molecular weight is 227 g/mol. The molecule has 0 fully saturated rings. The molecule has 0 aliphatic heterocycles. The summed E-state index contributed by atoms with van der Waals surface area (Å²) < 4.78 is 0. The largest absolute Gasteiger partial charge is 0.398 e. The number of halogens is 1. The first kappa shape index (κ1) is 11.9. The molecule has 0 aliphatic rings. The van der Waals surface area contributed by atoms with E-state index in [1.54, 1.807) is 30.1 Å². The summed E-state index contributed by atoms with van der Waals surface area (Å²) in [5.41, 5.74) is 6.51. The molecule has 0 heterocycles. The van der Waals surface area contributed by atoms with E-state index in [4.69, 9.17) is 17.3 Å². The molecule has 1 rings (SSSR count). The van der Waals surface area contributed by atoms with Crippen molar-refractivity contribution < 1.29 is 4.79 Å². The number of amides is 1. The van der Waals surface area contributed by atoms with Crippen LogP contribution in [0.4, 0.5) is 5.69 Å². The van der Waals surface area contributed by atoms with Gasteiger partial charge in [-0.05, 0) is 26.0 Å². The van der Waals surface area contributed by atoms with Crippen molar-refractivity contribution in [3.05, 3.63) is 28.8 Å². The summed E-state index contributed by atoms with van der Waals surface area (Å²) >= 11 is 5.96. The molecule has 0 aliphatic carbocycles. The highest BCUT2D eigenvalue weighted by molar-refractivity contribution is 6.36. The Balaban J connectivity index is 3.07. The topological polar surface area (TPSA) is 46.3 Å². The summed E-state index contributed by atoms with van der Waals surface area (Å²) in [6, 6.07) is 5.21. The molecular formula is C11H15ClN2O. The summed E-state index contributed by atoms with van der Waals surface area (Å²) in [5.74, 6) is -0.109. The predicted molar refractivity (Wildman–Crippen MR) is 63.1 cm³/mol. The maximum Gasteiger partial charge on any atom is 0.255 e. The highest BCUT2D eigenvalue weighted by Gasteiger charge is 2.17. The van der Waals surface area contributed by atoms with Gasteiger partial charge in [0.1, 0.15) is 0 Å². The van der Waals surface area contributed by atoms with Crippen LogP contribution in [0, 0.1) is 0 Å². The minimum atomic E-state index is -0.109. The Morgan fingerprint density at radius 3 is 2.60 bits per heavy atom. The molecule has 1 aromatic rings. The van der Waals surface area contributed by atoms with E-state index >= 15 is 0 Å². The molecule has 0 radical (unpaired) electrons. The molecule has 0 saturated heterocycles. The van der Waals surface area contributed by atoms with Crippen LogP contribution in [0.2, 0.25) is 5.02 Å². The third-order valence-corrected chi connectivity index (χ3v) is 2.78. The maximum absolute atomic E-state index is 11.9. The van der Waals surface area contributed by atoms with Crippen molar-refractivity contribution in [2.75, 3.05) is 12.8 Å². The van der Waals surface area contributed by atoms with Crippen LogP contribution in [0.15, 0.2) is 18.2 Å². The average Bonchev–Trinajstić information content (AvgIpc) is 2.20. The van der Waals surface area contributed by atoms with Crippen molar-refractivity contribution in [2.24, 2.45) is 0 Å². The van der Waals surface area contributed by atoms with Gasteiger partial charge in [-0.25, -0.2) is 0 Å². The summed E-state index contributed by atoms with van der Waals surface area (Å²) in [6.45, 7) is 3.89. The summed E-state index contributed by atoms with van der Waals surface area (Å²) in [4.78, 5) is 13.6. The first-order valence-electron chi connectivity index (χ1n) is 4.76. The molecule has 0 bridgehead atoms. The molecule has 3 nitrogen and oxygen atoms in total. The Kier molecular flexibility index (Phi) is 3.58. The van der Waals surface area contributed by atoms with Crippen LogP contribution < -0.4 is 5.73 Å². The Bertz CT molecular complexity index is 377. The van der Waals surface area contributed by atoms with Gasteiger partial charge in [-0.1, -0.05) is 17.7 Å². The highest BCUT2D eigenvalue weighted by Crippen LogP contribution is 2.24. The highest BCUT2D eigenvalue weighted by atomic mass is 35.5. The zero-order valence-corrected chi connectivity index (χ0v) is 9.88. The van der Waals surface area contributed by atoms with Crippen LogP contribution in [-0.2, 0) is 0 Å². The van der Waals surface area contributed by atoms with Crippen molar-refractivity contribution in [1.82, 2.24) is 4.90 Å². The van der Waals surface area contributed by atoms with Gasteiger partial charge in [0.2, 0.25) is 0 Å². The smallest absolute Gasteiger partial charge is 0.255 e. The first-order valence-corrected chi connectivity index (χ1v) is 5.14. The van der Waals surface area contributed by atoms with Crippen LogP contribution in [-0.4, -0.2) is 23.9 Å². The molecule has 0 atom stereocenters. The fourth-order valence-corrected chi connectivity index (χ4v) is 1.35. The van der Waals surface area contributed by atoms with Crippen molar-refractivity contribution in [3.8, 4) is 0 Å². The molecule has 1 amide bonds. The zero-order chi connectivity index (χ0) is 11.6. The van der Waals surface area contributed by atoms with E-state index < -0.39 is 0 Å². The monoisotopic (exact) mass is 226 g/mol. The van der Waals surface area contributed by atoms with Crippen LogP contribution in [0.3, 0.4) is 0 Å². The number of benzene rings is 1. The first-order chi connectivity index (χ1) is 6.95. The van der Waals surface area contributed by atoms with Gasteiger partial charge in [0, 0.05) is 13.1 Å². The standard InChI is InChI=1S/C11H15ClN2O/c1-7(2)14(3)11(15)8-5-4-6-9(13)10(8)12/h4-7H,13H2,1-3H3. The number of carbonyl (C=O) groups is 1. The number of carbonyl (C=O) groups excluding carboxylic acids is 1. The molecule has 82 valence electrons. The maximum atomic E-state index is 11.9. The van der Waals surface area contributed by atoms with Crippen LogP contribution in [0.1, 0.15) is 24.2 Å². The van der Waals surface area contributed by atoms with Gasteiger partial charge in [-0.3, -0.25) is 4.79 Å². The lowest BCUT2D eigenvalue weighted by Gasteiger charge is -2.22. The number of nitrogens with two attached hydrogens (primary N) is 1. The summed E-state index contributed by atoms with van der Waals surface area (Å²) in [6.07, 6.45) is 0. The zero-order valence-electron chi connectivity index (χ0n) is 9.12. The summed E-state index contributed by atoms with van der Waals surface area (Å²) in [7, 11) is 1.74. The quantitative estimate of drug-likeness (QED) is 0.788. The fraction of sp³-hybridized carbons (Fsp3) is 0.364. The van der Waals surface area contributed by atoms with Crippen LogP contribution >= 0.6 is 11.6 Å². The Labute approximate surface area is 94.8 Å². The third kappa shape index (κ3) is 2.42. The lowest BCUT2D eigenvalue weighted by atomic mass is 10.1. The molecule has 1 aromatic carbocycles. The second-order valence-corrected chi connectivity index (χ2v) is 4.10. The van der Waals surface area contributed by atoms with E-state index in [9.17, 15) is 4.79 Å². The van der Waals surface area contributed by atoms with Gasteiger partial charge < -0.3 is 10.6 Å². The lowest BCUT2D eigenvalue weighted by Crippen LogP contribution is -2.33. The number of hydrogen-bond acceptors (Lipinski definition) is 2. The number of anilines is 1. The fourth-order valence-electron chi connectivity index (χ4n) is 1.14. The third-order valence-electron chi connectivity index (χ3n) is 2.35. The molecule has 0 spiro atoms. The van der Waals surface area contributed by atoms with Crippen molar-refractivity contribution >= 4 is 23.2 Å². The predicted octanol–water partition coefficient (Wildman–Crippen LogP) is 2.40. The van der Waals surface area contributed by atoms with E-state index in [1.165, 1.54) is 0 Å². The number of nitrogen functional groups attached to an aromatic ring is 1. The molecular weight excluding hydrogens is 212 g/mol. The number of hydrogen-bond donors (Lipinski definition) is 1. The van der Waals surface area contributed by atoms with Gasteiger partial charge in [0.15, 0.2) is 0 Å². The van der Waals surface area contributed by atoms with Gasteiger partial charge in [-0.2, -0.15) is 0 Å². The molecule has 0 saturated carbocycles. The normalized spacial score (nSPS) is 10.5. The van der Waals surface area contributed by atoms with E-state index in [0.29, 0.717) is 16.3 Å². The van der Waals surface area contributed by atoms with E-state index in [-0.39, 0.29) is 11.9 Å². The molecule has 4 heteroatoms. The van der Waals surface area contributed by atoms with Gasteiger partial charge in [0.25, 0.3) is 5.91 Å².